The van der Waals surface area contributed by atoms with E-state index in [1.807, 2.05) is 6.08 Å². The molecule has 0 aromatic heterocycles. The molecule has 0 saturated heterocycles. The van der Waals surface area contributed by atoms with Gasteiger partial charge in [-0.3, -0.25) is 0 Å². The maximum atomic E-state index is 5.28. The summed E-state index contributed by atoms with van der Waals surface area (Å²) in [5, 5.41) is 0. The molecular weight excluding hydrogens is 192 g/mol. The summed E-state index contributed by atoms with van der Waals surface area (Å²) in [6.45, 7) is 0.774. The van der Waals surface area contributed by atoms with Crippen LogP contribution in [0.1, 0.15) is 12.8 Å². The van der Waals surface area contributed by atoms with Gasteiger partial charge in [0, 0.05) is 0 Å². The summed E-state index contributed by atoms with van der Waals surface area (Å²) in [5.41, 5.74) is 0. The van der Waals surface area contributed by atoms with E-state index in [1.54, 1.807) is 7.11 Å². The van der Waals surface area contributed by atoms with Crippen LogP contribution in [0.3, 0.4) is 0 Å². The number of allylic oxidation sites excluding steroid dienone is 2. The van der Waals surface area contributed by atoms with Crippen molar-refractivity contribution in [3.8, 4) is 11.8 Å². The number of rotatable bonds is 1. The molecule has 0 aliphatic carbocycles. The van der Waals surface area contributed by atoms with E-state index in [0.29, 0.717) is 4.57 Å². The van der Waals surface area contributed by atoms with E-state index in [2.05, 4.69) is 27.7 Å². The minimum atomic E-state index is 0.588. The molecule has 1 heterocycles. The Hall–Kier alpha value is -0.538. The van der Waals surface area contributed by atoms with Gasteiger partial charge in [0.05, 0.1) is 0 Å². The summed E-state index contributed by atoms with van der Waals surface area (Å²) in [4.78, 5) is 0. The molecule has 1 aliphatic rings. The number of hydrogen-bond donors (Lipinski definition) is 0. The number of hydrogen-bond acceptors (Lipinski definition) is 2. The molecule has 0 radical (unpaired) electrons. The van der Waals surface area contributed by atoms with Gasteiger partial charge in [0.25, 0.3) is 0 Å². The van der Waals surface area contributed by atoms with Gasteiger partial charge in [0.2, 0.25) is 0 Å². The van der Waals surface area contributed by atoms with Crippen molar-refractivity contribution in [2.45, 2.75) is 12.8 Å². The zero-order valence-corrected chi connectivity index (χ0v) is 8.20. The SMILES string of the molecule is CO[C](=[Cr])C#CC1=CCCCO1. The van der Waals surface area contributed by atoms with Gasteiger partial charge < -0.3 is 0 Å². The van der Waals surface area contributed by atoms with Crippen molar-refractivity contribution in [2.24, 2.45) is 0 Å². The van der Waals surface area contributed by atoms with Crippen LogP contribution < -0.4 is 0 Å². The first-order chi connectivity index (χ1) is 5.83. The van der Waals surface area contributed by atoms with Crippen molar-refractivity contribution >= 4 is 4.57 Å². The van der Waals surface area contributed by atoms with Crippen LogP contribution in [0.5, 0.6) is 0 Å². The average molecular weight is 202 g/mol. The van der Waals surface area contributed by atoms with Crippen LogP contribution in [0.25, 0.3) is 0 Å². The van der Waals surface area contributed by atoms with Gasteiger partial charge in [-0.1, -0.05) is 0 Å². The zero-order chi connectivity index (χ0) is 8.81. The van der Waals surface area contributed by atoms with Crippen molar-refractivity contribution in [1.29, 1.82) is 0 Å². The van der Waals surface area contributed by atoms with Gasteiger partial charge in [0.15, 0.2) is 0 Å². The van der Waals surface area contributed by atoms with Gasteiger partial charge in [-0.25, -0.2) is 0 Å². The van der Waals surface area contributed by atoms with E-state index in [4.69, 9.17) is 9.47 Å². The van der Waals surface area contributed by atoms with E-state index in [1.165, 1.54) is 0 Å². The molecule has 0 amide bonds. The van der Waals surface area contributed by atoms with Crippen molar-refractivity contribution in [1.82, 2.24) is 0 Å². The Kier molecular flexibility index (Phi) is 4.11. The fraction of sp³-hybridized carbons (Fsp3) is 0.444. The molecule has 0 aromatic carbocycles. The Morgan fingerprint density at radius 1 is 1.75 bits per heavy atom. The summed E-state index contributed by atoms with van der Waals surface area (Å²) in [6.07, 6.45) is 4.14. The van der Waals surface area contributed by atoms with Crippen LogP contribution in [0.4, 0.5) is 0 Å². The Labute approximate surface area is 80.5 Å². The van der Waals surface area contributed by atoms with E-state index in [0.717, 1.165) is 25.2 Å². The molecule has 0 spiro atoms. The van der Waals surface area contributed by atoms with E-state index < -0.39 is 0 Å². The molecule has 0 fully saturated rings. The van der Waals surface area contributed by atoms with Crippen molar-refractivity contribution < 1.29 is 25.3 Å². The summed E-state index contributed by atoms with van der Waals surface area (Å²) in [5.74, 6) is 6.42. The first-order valence-corrected chi connectivity index (χ1v) is 4.39. The molecule has 0 saturated carbocycles. The molecule has 12 heavy (non-hydrogen) atoms. The first kappa shape index (κ1) is 9.55. The Morgan fingerprint density at radius 2 is 2.58 bits per heavy atom. The third-order valence-corrected chi connectivity index (χ3v) is 1.83. The van der Waals surface area contributed by atoms with Gasteiger partial charge >= 0.3 is 80.1 Å². The fourth-order valence-corrected chi connectivity index (χ4v) is 0.888. The topological polar surface area (TPSA) is 18.5 Å². The molecular formula is C9H10CrO2. The standard InChI is InChI=1S/C9H10O2.Cr/c1-10-7-4-6-9-5-2-3-8-11-9;/h5H,2-3,8H2,1H3;. The molecule has 0 unspecified atom stereocenters. The van der Waals surface area contributed by atoms with Gasteiger partial charge in [-0.2, -0.15) is 0 Å². The van der Waals surface area contributed by atoms with E-state index in [-0.39, 0.29) is 0 Å². The Morgan fingerprint density at radius 3 is 3.17 bits per heavy atom. The van der Waals surface area contributed by atoms with Crippen LogP contribution in [0, 0.1) is 11.8 Å². The van der Waals surface area contributed by atoms with E-state index >= 15 is 0 Å². The molecule has 3 heteroatoms. The predicted octanol–water partition coefficient (Wildman–Crippen LogP) is 1.01. The van der Waals surface area contributed by atoms with Crippen LogP contribution in [-0.4, -0.2) is 18.3 Å². The second kappa shape index (κ2) is 5.17. The Balaban J connectivity index is 2.52. The normalized spacial score (nSPS) is 15.2. The molecule has 1 aliphatic heterocycles. The molecule has 0 N–H and O–H groups in total. The van der Waals surface area contributed by atoms with Crippen LogP contribution in [0.2, 0.25) is 0 Å². The van der Waals surface area contributed by atoms with Crippen LogP contribution >= 0.6 is 0 Å². The van der Waals surface area contributed by atoms with Crippen molar-refractivity contribution in [3.63, 3.8) is 0 Å². The average Bonchev–Trinajstić information content (AvgIpc) is 2.16. The quantitative estimate of drug-likeness (QED) is 0.591. The monoisotopic (exact) mass is 202 g/mol. The summed E-state index contributed by atoms with van der Waals surface area (Å²) >= 11 is 2.70. The van der Waals surface area contributed by atoms with Gasteiger partial charge in [0.1, 0.15) is 0 Å². The molecule has 64 valence electrons. The maximum absolute atomic E-state index is 5.28. The van der Waals surface area contributed by atoms with Gasteiger partial charge in [-0.05, 0) is 0 Å². The van der Waals surface area contributed by atoms with Crippen LogP contribution in [0.15, 0.2) is 11.8 Å². The molecule has 0 atom stereocenters. The number of methoxy groups -OCH3 is 1. The molecule has 2 nitrogen and oxygen atoms in total. The number of ether oxygens (including phenoxy) is 2. The van der Waals surface area contributed by atoms with Crippen LogP contribution in [-0.2, 0) is 25.3 Å². The zero-order valence-electron chi connectivity index (χ0n) is 6.92. The predicted molar refractivity (Wildman–Crippen MR) is 43.1 cm³/mol. The van der Waals surface area contributed by atoms with E-state index in [9.17, 15) is 0 Å². The Bertz CT molecular complexity index is 257. The fourth-order valence-electron chi connectivity index (χ4n) is 0.808. The first-order valence-electron chi connectivity index (χ1n) is 3.76. The third-order valence-electron chi connectivity index (χ3n) is 1.41. The summed E-state index contributed by atoms with van der Waals surface area (Å²) < 4.78 is 10.7. The molecule has 0 bridgehead atoms. The molecule has 1 rings (SSSR count). The van der Waals surface area contributed by atoms with Gasteiger partial charge in [-0.15, -0.1) is 0 Å². The minimum absolute atomic E-state index is 0.588. The second-order valence-corrected chi connectivity index (χ2v) is 2.88. The van der Waals surface area contributed by atoms with Crippen molar-refractivity contribution in [3.05, 3.63) is 11.8 Å². The second-order valence-electron chi connectivity index (χ2n) is 2.30. The molecule has 0 aromatic rings. The summed E-state index contributed by atoms with van der Waals surface area (Å²) in [7, 11) is 1.58. The third kappa shape index (κ3) is 3.24. The summed E-state index contributed by atoms with van der Waals surface area (Å²) in [6, 6.07) is 0. The van der Waals surface area contributed by atoms with Crippen molar-refractivity contribution in [2.75, 3.05) is 13.7 Å².